The second-order valence-corrected chi connectivity index (χ2v) is 10.4. The number of nitrogens with zero attached hydrogens (tertiary/aromatic N) is 4. The summed E-state index contributed by atoms with van der Waals surface area (Å²) in [5.41, 5.74) is 14.9. The van der Waals surface area contributed by atoms with Gasteiger partial charge in [0.05, 0.1) is 18.3 Å². The van der Waals surface area contributed by atoms with Gasteiger partial charge in [-0.05, 0) is 54.2 Å². The summed E-state index contributed by atoms with van der Waals surface area (Å²) < 4.78 is 11.4. The zero-order valence-corrected chi connectivity index (χ0v) is 22.4. The number of rotatable bonds is 5. The molecule has 0 aliphatic heterocycles. The zero-order chi connectivity index (χ0) is 28.0. The van der Waals surface area contributed by atoms with E-state index in [9.17, 15) is 4.79 Å². The molecule has 1 aliphatic rings. The van der Waals surface area contributed by atoms with E-state index >= 15 is 0 Å². The number of hydrogen-bond acceptors (Lipinski definition) is 7. The third kappa shape index (κ3) is 4.48. The number of carbonyl (C=O) groups excluding carboxylic acids is 1. The van der Waals surface area contributed by atoms with E-state index in [0.29, 0.717) is 0 Å². The number of aromatic nitrogens is 4. The molecule has 41 heavy (non-hydrogen) atoms. The summed E-state index contributed by atoms with van der Waals surface area (Å²) in [6.07, 6.45) is 6.12. The fourth-order valence-corrected chi connectivity index (χ4v) is 5.41. The van der Waals surface area contributed by atoms with Crippen LogP contribution in [0.15, 0.2) is 97.3 Å². The Morgan fingerprint density at radius 1 is 0.902 bits per heavy atom. The number of benzene rings is 3. The number of pyridine rings is 1. The predicted molar refractivity (Wildman–Crippen MR) is 157 cm³/mol. The molecule has 0 radical (unpaired) electrons. The molecule has 0 spiro atoms. The third-order valence-electron chi connectivity index (χ3n) is 7.88. The Balaban J connectivity index is 1.31. The van der Waals surface area contributed by atoms with Crippen molar-refractivity contribution in [2.45, 2.75) is 24.8 Å². The van der Waals surface area contributed by atoms with Crippen molar-refractivity contribution >= 4 is 22.7 Å². The standard InChI is InChI=1S/C33H27N5O3/c1-40-32(39)41-29-15-11-24(19-35-29)23-10-14-26-28(18-23)37-38-20-27(21-6-3-2-4-7-21)30(36-31(26)38)22-8-12-25(13-9-22)33(34)16-5-17-33/h2-4,6-15,18-20H,5,16-17,34H2,1H3. The Hall–Kier alpha value is -5.08. The summed E-state index contributed by atoms with van der Waals surface area (Å²) in [5.74, 6) is 0.168. The van der Waals surface area contributed by atoms with Gasteiger partial charge in [-0.25, -0.2) is 19.3 Å². The van der Waals surface area contributed by atoms with Crippen LogP contribution in [0.3, 0.4) is 0 Å². The van der Waals surface area contributed by atoms with Crippen LogP contribution in [-0.2, 0) is 10.3 Å². The van der Waals surface area contributed by atoms with Crippen LogP contribution >= 0.6 is 0 Å². The van der Waals surface area contributed by atoms with Crippen molar-refractivity contribution in [2.24, 2.45) is 5.73 Å². The minimum Gasteiger partial charge on any atom is -0.437 e. The van der Waals surface area contributed by atoms with Crippen molar-refractivity contribution in [2.75, 3.05) is 7.11 Å². The topological polar surface area (TPSA) is 105 Å². The molecule has 6 aromatic rings. The Bertz CT molecular complexity index is 1890. The maximum absolute atomic E-state index is 11.4. The first-order chi connectivity index (χ1) is 20.0. The monoisotopic (exact) mass is 541 g/mol. The van der Waals surface area contributed by atoms with Crippen molar-refractivity contribution in [3.8, 4) is 39.4 Å². The average Bonchev–Trinajstić information content (AvgIpc) is 3.37. The van der Waals surface area contributed by atoms with Crippen LogP contribution in [0.2, 0.25) is 0 Å². The van der Waals surface area contributed by atoms with Gasteiger partial charge in [0.2, 0.25) is 5.88 Å². The minimum absolute atomic E-state index is 0.168. The van der Waals surface area contributed by atoms with Crippen LogP contribution in [0.5, 0.6) is 5.88 Å². The highest BCUT2D eigenvalue weighted by Gasteiger charge is 2.34. The van der Waals surface area contributed by atoms with Crippen LogP contribution in [0, 0.1) is 0 Å². The first kappa shape index (κ1) is 24.9. The zero-order valence-electron chi connectivity index (χ0n) is 22.4. The molecular weight excluding hydrogens is 514 g/mol. The number of hydrogen-bond donors (Lipinski definition) is 1. The van der Waals surface area contributed by atoms with E-state index < -0.39 is 6.16 Å². The molecule has 3 heterocycles. The summed E-state index contributed by atoms with van der Waals surface area (Å²) in [4.78, 5) is 20.8. The maximum atomic E-state index is 11.4. The normalized spacial score (nSPS) is 14.1. The number of carbonyl (C=O) groups is 1. The van der Waals surface area contributed by atoms with Gasteiger partial charge in [-0.3, -0.25) is 0 Å². The second-order valence-electron chi connectivity index (χ2n) is 10.4. The predicted octanol–water partition coefficient (Wildman–Crippen LogP) is 6.76. The Morgan fingerprint density at radius 3 is 2.34 bits per heavy atom. The van der Waals surface area contributed by atoms with Gasteiger partial charge in [0.15, 0.2) is 5.65 Å². The van der Waals surface area contributed by atoms with Crippen molar-refractivity contribution < 1.29 is 14.3 Å². The molecular formula is C33H27N5O3. The van der Waals surface area contributed by atoms with E-state index in [1.54, 1.807) is 12.3 Å². The fraction of sp³-hybridized carbons (Fsp3) is 0.152. The van der Waals surface area contributed by atoms with Crippen molar-refractivity contribution in [1.29, 1.82) is 0 Å². The third-order valence-corrected chi connectivity index (χ3v) is 7.88. The molecule has 0 bridgehead atoms. The minimum atomic E-state index is -0.810. The molecule has 0 atom stereocenters. The quantitative estimate of drug-likeness (QED) is 0.240. The van der Waals surface area contributed by atoms with Gasteiger partial charge in [0.25, 0.3) is 0 Å². The number of methoxy groups -OCH3 is 1. The van der Waals surface area contributed by atoms with E-state index in [4.69, 9.17) is 20.6 Å². The summed E-state index contributed by atoms with van der Waals surface area (Å²) in [6.45, 7) is 0. The highest BCUT2D eigenvalue weighted by atomic mass is 16.7. The highest BCUT2D eigenvalue weighted by molar-refractivity contribution is 5.96. The SMILES string of the molecule is COC(=O)Oc1ccc(-c2ccc3c(c2)nn2cc(-c4ccccc4)c(-c4ccc(C5(N)CCC5)cc4)nc32)cn1. The number of fused-ring (bicyclic) bond motifs is 3. The van der Waals surface area contributed by atoms with E-state index in [1.165, 1.54) is 19.1 Å². The Kier molecular flexibility index (Phi) is 5.98. The van der Waals surface area contributed by atoms with Gasteiger partial charge >= 0.3 is 6.16 Å². The van der Waals surface area contributed by atoms with Crippen molar-refractivity contribution in [1.82, 2.24) is 19.6 Å². The van der Waals surface area contributed by atoms with E-state index in [-0.39, 0.29) is 11.4 Å². The van der Waals surface area contributed by atoms with Crippen molar-refractivity contribution in [3.63, 3.8) is 0 Å². The molecule has 2 N–H and O–H groups in total. The van der Waals surface area contributed by atoms with Gasteiger partial charge < -0.3 is 15.2 Å². The van der Waals surface area contributed by atoms with Crippen LogP contribution in [-0.4, -0.2) is 32.8 Å². The van der Waals surface area contributed by atoms with Gasteiger partial charge in [-0.1, -0.05) is 60.7 Å². The summed E-state index contributed by atoms with van der Waals surface area (Å²) in [5, 5.41) is 5.83. The first-order valence-corrected chi connectivity index (χ1v) is 13.5. The lowest BCUT2D eigenvalue weighted by Gasteiger charge is -2.38. The molecule has 0 saturated heterocycles. The molecule has 202 valence electrons. The fourth-order valence-electron chi connectivity index (χ4n) is 5.41. The number of ether oxygens (including phenoxy) is 2. The summed E-state index contributed by atoms with van der Waals surface area (Å²) in [7, 11) is 1.25. The highest BCUT2D eigenvalue weighted by Crippen LogP contribution is 2.40. The van der Waals surface area contributed by atoms with Gasteiger partial charge in [0, 0.05) is 46.1 Å². The molecule has 3 aromatic carbocycles. The van der Waals surface area contributed by atoms with Crippen LogP contribution in [0.4, 0.5) is 4.79 Å². The maximum Gasteiger partial charge on any atom is 0.514 e. The summed E-state index contributed by atoms with van der Waals surface area (Å²) >= 11 is 0. The molecule has 1 fully saturated rings. The molecule has 8 nitrogen and oxygen atoms in total. The first-order valence-electron chi connectivity index (χ1n) is 13.5. The molecule has 1 aliphatic carbocycles. The van der Waals surface area contributed by atoms with Gasteiger partial charge in [-0.2, -0.15) is 5.10 Å². The molecule has 3 aromatic heterocycles. The molecule has 1 saturated carbocycles. The van der Waals surface area contributed by atoms with Crippen LogP contribution in [0.1, 0.15) is 24.8 Å². The Labute approximate surface area is 236 Å². The molecule has 7 rings (SSSR count). The number of nitrogens with two attached hydrogens (primary N) is 1. The lowest BCUT2D eigenvalue weighted by atomic mass is 9.72. The average molecular weight is 542 g/mol. The molecule has 8 heteroatoms. The van der Waals surface area contributed by atoms with Crippen LogP contribution < -0.4 is 10.5 Å². The van der Waals surface area contributed by atoms with Gasteiger partial charge in [0.1, 0.15) is 0 Å². The molecule has 0 unspecified atom stereocenters. The van der Waals surface area contributed by atoms with E-state index in [0.717, 1.165) is 62.9 Å². The molecule has 0 amide bonds. The lowest BCUT2D eigenvalue weighted by Crippen LogP contribution is -2.43. The summed E-state index contributed by atoms with van der Waals surface area (Å²) in [6, 6.07) is 28.3. The van der Waals surface area contributed by atoms with Gasteiger partial charge in [-0.15, -0.1) is 0 Å². The van der Waals surface area contributed by atoms with Crippen LogP contribution in [0.25, 0.3) is 50.1 Å². The van der Waals surface area contributed by atoms with E-state index in [2.05, 4.69) is 52.3 Å². The Morgan fingerprint density at radius 2 is 1.66 bits per heavy atom. The smallest absolute Gasteiger partial charge is 0.437 e. The second kappa shape index (κ2) is 9.83. The van der Waals surface area contributed by atoms with Crippen molar-refractivity contribution in [3.05, 3.63) is 103 Å². The van der Waals surface area contributed by atoms with E-state index in [1.807, 2.05) is 47.0 Å². The lowest BCUT2D eigenvalue weighted by molar-refractivity contribution is 0.119. The largest absolute Gasteiger partial charge is 0.514 e.